The van der Waals surface area contributed by atoms with Crippen LogP contribution in [0.15, 0.2) is 54.6 Å². The van der Waals surface area contributed by atoms with Crippen molar-refractivity contribution in [2.75, 3.05) is 0 Å². The van der Waals surface area contributed by atoms with Crippen molar-refractivity contribution in [3.8, 4) is 22.6 Å². The normalized spacial score (nSPS) is 20.2. The van der Waals surface area contributed by atoms with E-state index in [1.165, 1.54) is 5.69 Å². The molecule has 0 saturated carbocycles. The van der Waals surface area contributed by atoms with Gasteiger partial charge < -0.3 is 9.88 Å². The van der Waals surface area contributed by atoms with Crippen LogP contribution in [-0.2, 0) is 23.1 Å². The molecule has 1 aromatic carbocycles. The molecule has 3 aromatic rings. The number of rotatable bonds is 6. The molecule has 0 radical (unpaired) electrons. The van der Waals surface area contributed by atoms with Crippen LogP contribution < -0.4 is 10.7 Å². The molecule has 38 heavy (non-hydrogen) atoms. The number of nitrogens with one attached hydrogen (secondary N) is 2. The Kier molecular flexibility index (Phi) is 8.07. The second kappa shape index (κ2) is 11.1. The number of carbonyl (C=O) groups excluding carboxylic acids is 2. The van der Waals surface area contributed by atoms with Crippen molar-refractivity contribution in [2.24, 2.45) is 13.0 Å². The van der Waals surface area contributed by atoms with Crippen molar-refractivity contribution in [3.63, 3.8) is 0 Å². The quantitative estimate of drug-likeness (QED) is 0.482. The first-order valence-electron chi connectivity index (χ1n) is 13.5. The first-order chi connectivity index (χ1) is 17.9. The summed E-state index contributed by atoms with van der Waals surface area (Å²) in [6, 6.07) is 18.4. The van der Waals surface area contributed by atoms with E-state index in [0.29, 0.717) is 6.42 Å². The summed E-state index contributed by atoms with van der Waals surface area (Å²) >= 11 is 0. The molecular weight excluding hydrogens is 474 g/mol. The van der Waals surface area contributed by atoms with Crippen molar-refractivity contribution in [3.05, 3.63) is 65.9 Å². The van der Waals surface area contributed by atoms with E-state index in [4.69, 9.17) is 4.98 Å². The second-order valence-electron chi connectivity index (χ2n) is 11.7. The van der Waals surface area contributed by atoms with E-state index in [9.17, 15) is 9.59 Å². The van der Waals surface area contributed by atoms with Crippen molar-refractivity contribution in [1.82, 2.24) is 25.3 Å². The largest absolute Gasteiger partial charge is 0.351 e. The lowest BCUT2D eigenvalue weighted by molar-refractivity contribution is -0.134. The Balaban J connectivity index is 1.36. The Bertz CT molecular complexity index is 1280. The summed E-state index contributed by atoms with van der Waals surface area (Å²) < 4.78 is 2.14. The number of aromatic nitrogens is 2. The highest BCUT2D eigenvalue weighted by Crippen LogP contribution is 2.28. The maximum absolute atomic E-state index is 12.9. The van der Waals surface area contributed by atoms with Gasteiger partial charge >= 0.3 is 0 Å². The molecule has 0 bridgehead atoms. The molecule has 7 heteroatoms. The highest BCUT2D eigenvalue weighted by Gasteiger charge is 2.36. The minimum absolute atomic E-state index is 0.0438. The minimum atomic E-state index is -0.246. The van der Waals surface area contributed by atoms with Gasteiger partial charge in [-0.15, -0.1) is 0 Å². The number of hydrazine groups is 1. The number of pyridine rings is 1. The van der Waals surface area contributed by atoms with E-state index < -0.39 is 0 Å². The highest BCUT2D eigenvalue weighted by molar-refractivity contribution is 5.80. The number of hydrogen-bond donors (Lipinski definition) is 2. The molecule has 0 aliphatic carbocycles. The van der Waals surface area contributed by atoms with Crippen molar-refractivity contribution >= 4 is 11.8 Å². The minimum Gasteiger partial charge on any atom is -0.351 e. The first kappa shape index (κ1) is 27.6. The number of piperidine rings is 1. The summed E-state index contributed by atoms with van der Waals surface area (Å²) in [6.45, 7) is 12.2. The lowest BCUT2D eigenvalue weighted by Gasteiger charge is -2.42. The molecule has 202 valence electrons. The van der Waals surface area contributed by atoms with Crippen LogP contribution in [0.1, 0.15) is 58.7 Å². The van der Waals surface area contributed by atoms with Crippen LogP contribution in [0.4, 0.5) is 0 Å². The molecule has 2 aromatic heterocycles. The van der Waals surface area contributed by atoms with E-state index in [2.05, 4.69) is 48.2 Å². The fourth-order valence-corrected chi connectivity index (χ4v) is 5.26. The average Bonchev–Trinajstić information content (AvgIpc) is 3.19. The van der Waals surface area contributed by atoms with Gasteiger partial charge in [-0.2, -0.15) is 0 Å². The molecule has 2 amide bonds. The molecule has 1 saturated heterocycles. The van der Waals surface area contributed by atoms with E-state index in [1.54, 1.807) is 0 Å². The van der Waals surface area contributed by atoms with Crippen molar-refractivity contribution < 1.29 is 9.59 Å². The van der Waals surface area contributed by atoms with Crippen molar-refractivity contribution in [1.29, 1.82) is 0 Å². The zero-order valence-electron chi connectivity index (χ0n) is 23.7. The van der Waals surface area contributed by atoms with Gasteiger partial charge in [-0.05, 0) is 84.2 Å². The van der Waals surface area contributed by atoms with Crippen LogP contribution >= 0.6 is 0 Å². The second-order valence-corrected chi connectivity index (χ2v) is 11.7. The van der Waals surface area contributed by atoms with Gasteiger partial charge in [-0.3, -0.25) is 15.0 Å². The molecule has 2 N–H and O–H groups in total. The fraction of sp³-hybridized carbons (Fsp3) is 0.452. The molecule has 1 fully saturated rings. The van der Waals surface area contributed by atoms with Crippen LogP contribution in [0, 0.1) is 12.8 Å². The number of aryl methyl sites for hydroxylation is 1. The molecular formula is C31H41N5O2. The molecule has 1 aliphatic heterocycles. The number of amides is 2. The predicted octanol–water partition coefficient (Wildman–Crippen LogP) is 5.04. The Morgan fingerprint density at radius 2 is 1.58 bits per heavy atom. The number of nitrogens with zero attached hydrogens (tertiary/aromatic N) is 3. The van der Waals surface area contributed by atoms with Crippen LogP contribution in [-0.4, -0.2) is 44.0 Å². The van der Waals surface area contributed by atoms with Crippen LogP contribution in [0.3, 0.4) is 0 Å². The maximum atomic E-state index is 12.9. The zero-order chi connectivity index (χ0) is 27.6. The fourth-order valence-electron chi connectivity index (χ4n) is 5.26. The van der Waals surface area contributed by atoms with Gasteiger partial charge in [0.1, 0.15) is 0 Å². The summed E-state index contributed by atoms with van der Waals surface area (Å²) in [5.41, 5.74) is 8.92. The van der Waals surface area contributed by atoms with Gasteiger partial charge in [0.15, 0.2) is 0 Å². The van der Waals surface area contributed by atoms with Crippen molar-refractivity contribution in [2.45, 2.75) is 78.4 Å². The van der Waals surface area contributed by atoms with Gasteiger partial charge in [0.25, 0.3) is 0 Å². The van der Waals surface area contributed by atoms with E-state index in [0.717, 1.165) is 41.1 Å². The van der Waals surface area contributed by atoms with Crippen LogP contribution in [0.5, 0.6) is 0 Å². The lowest BCUT2D eigenvalue weighted by Crippen LogP contribution is -2.58. The molecule has 0 spiro atoms. The summed E-state index contributed by atoms with van der Waals surface area (Å²) in [5.74, 6) is 0.00647. The number of hydrogen-bond acceptors (Lipinski definition) is 4. The molecule has 4 rings (SSSR count). The lowest BCUT2D eigenvalue weighted by atomic mass is 9.87. The molecule has 3 heterocycles. The van der Waals surface area contributed by atoms with Gasteiger partial charge in [-0.25, -0.2) is 9.99 Å². The van der Waals surface area contributed by atoms with Gasteiger partial charge in [-0.1, -0.05) is 30.3 Å². The zero-order valence-corrected chi connectivity index (χ0v) is 23.7. The van der Waals surface area contributed by atoms with E-state index >= 15 is 0 Å². The monoisotopic (exact) mass is 515 g/mol. The Morgan fingerprint density at radius 1 is 0.947 bits per heavy atom. The summed E-state index contributed by atoms with van der Waals surface area (Å²) in [7, 11) is 2.05. The third kappa shape index (κ3) is 6.51. The topological polar surface area (TPSA) is 79.3 Å². The van der Waals surface area contributed by atoms with Gasteiger partial charge in [0.05, 0.1) is 23.5 Å². The SMILES string of the molecule is Cc1ccc(-c2cccc(-c3ccc(CC(=O)NN4C(C)CC(C(=O)NC(C)(C)C)CC4C)cc3)n2)n1C. The van der Waals surface area contributed by atoms with E-state index in [1.807, 2.05) is 75.3 Å². The first-order valence-corrected chi connectivity index (χ1v) is 13.5. The summed E-state index contributed by atoms with van der Waals surface area (Å²) in [4.78, 5) is 30.5. The van der Waals surface area contributed by atoms with E-state index in [-0.39, 0.29) is 35.4 Å². The Morgan fingerprint density at radius 3 is 2.16 bits per heavy atom. The Labute approximate surface area is 226 Å². The molecule has 1 aliphatic rings. The summed E-state index contributed by atoms with van der Waals surface area (Å²) in [5, 5.41) is 5.11. The molecule has 2 unspecified atom stereocenters. The van der Waals surface area contributed by atoms with Crippen LogP contribution in [0.25, 0.3) is 22.6 Å². The average molecular weight is 516 g/mol. The van der Waals surface area contributed by atoms with Gasteiger partial charge in [0, 0.05) is 41.8 Å². The maximum Gasteiger partial charge on any atom is 0.238 e. The summed E-state index contributed by atoms with van der Waals surface area (Å²) in [6.07, 6.45) is 1.73. The van der Waals surface area contributed by atoms with Gasteiger partial charge in [0.2, 0.25) is 11.8 Å². The Hall–Kier alpha value is -3.45. The molecule has 7 nitrogen and oxygen atoms in total. The number of carbonyl (C=O) groups is 2. The number of benzene rings is 1. The van der Waals surface area contributed by atoms with Crippen LogP contribution in [0.2, 0.25) is 0 Å². The third-order valence-corrected chi connectivity index (χ3v) is 7.32. The standard InChI is InChI=1S/C31H41N5O2/c1-20-11-16-28(35(20)7)27-10-8-9-26(32-27)24-14-12-23(13-15-24)19-29(37)34-36-21(2)17-25(18-22(36)3)30(38)33-31(4,5)6/h8-16,21-22,25H,17-19H2,1-7H3,(H,33,38)(H,34,37). The highest BCUT2D eigenvalue weighted by atomic mass is 16.2. The third-order valence-electron chi connectivity index (χ3n) is 7.32. The predicted molar refractivity (Wildman–Crippen MR) is 152 cm³/mol. The molecule has 2 atom stereocenters. The smallest absolute Gasteiger partial charge is 0.238 e.